The molecule has 0 bridgehead atoms. The van der Waals surface area contributed by atoms with E-state index in [2.05, 4.69) is 32.0 Å². The third-order valence-corrected chi connectivity index (χ3v) is 2.10. The lowest BCUT2D eigenvalue weighted by Crippen LogP contribution is -2.23. The molecular weight excluding hydrogens is 268 g/mol. The lowest BCUT2D eigenvalue weighted by Gasteiger charge is -2.09. The van der Waals surface area contributed by atoms with E-state index < -0.39 is 18.0 Å². The van der Waals surface area contributed by atoms with Gasteiger partial charge in [-0.1, -0.05) is 22.5 Å². The summed E-state index contributed by atoms with van der Waals surface area (Å²) in [5.41, 5.74) is -0.376. The standard InChI is InChI=1S/C9H13BrO5/c1-3-14-8(12)6(2)9(13)15-5-7(11)4-10/h7,11H,2-5H2,1H3. The van der Waals surface area contributed by atoms with Gasteiger partial charge in [0, 0.05) is 5.33 Å². The average molecular weight is 281 g/mol. The lowest BCUT2D eigenvalue weighted by atomic mass is 10.3. The highest BCUT2D eigenvalue weighted by atomic mass is 79.9. The monoisotopic (exact) mass is 280 g/mol. The van der Waals surface area contributed by atoms with Gasteiger partial charge in [-0.25, -0.2) is 9.59 Å². The minimum Gasteiger partial charge on any atom is -0.462 e. The third-order valence-electron chi connectivity index (χ3n) is 1.35. The van der Waals surface area contributed by atoms with E-state index in [-0.39, 0.29) is 24.1 Å². The molecule has 0 radical (unpaired) electrons. The van der Waals surface area contributed by atoms with Crippen molar-refractivity contribution < 1.29 is 24.2 Å². The van der Waals surface area contributed by atoms with E-state index in [1.54, 1.807) is 6.92 Å². The van der Waals surface area contributed by atoms with Crippen LogP contribution >= 0.6 is 15.9 Å². The summed E-state index contributed by atoms with van der Waals surface area (Å²) in [6, 6.07) is 0. The number of hydrogen-bond donors (Lipinski definition) is 1. The molecule has 6 heteroatoms. The average Bonchev–Trinajstić information content (AvgIpc) is 2.24. The fourth-order valence-corrected chi connectivity index (χ4v) is 0.792. The Labute approximate surface area is 96.2 Å². The summed E-state index contributed by atoms with van der Waals surface area (Å²) in [6.07, 6.45) is -0.802. The molecule has 0 aromatic heterocycles. The highest BCUT2D eigenvalue weighted by Gasteiger charge is 2.19. The van der Waals surface area contributed by atoms with Crippen LogP contribution in [0.3, 0.4) is 0 Å². The predicted octanol–water partition coefficient (Wildman–Crippen LogP) is 0.405. The predicted molar refractivity (Wildman–Crippen MR) is 56.5 cm³/mol. The number of aliphatic hydroxyl groups is 1. The van der Waals surface area contributed by atoms with Crippen molar-refractivity contribution in [3.63, 3.8) is 0 Å². The number of aliphatic hydroxyl groups excluding tert-OH is 1. The van der Waals surface area contributed by atoms with Gasteiger partial charge in [0.05, 0.1) is 12.7 Å². The summed E-state index contributed by atoms with van der Waals surface area (Å²) >= 11 is 3.00. The Balaban J connectivity index is 4.00. The van der Waals surface area contributed by atoms with Crippen LogP contribution in [-0.2, 0) is 19.1 Å². The van der Waals surface area contributed by atoms with E-state index in [9.17, 15) is 9.59 Å². The fraction of sp³-hybridized carbons (Fsp3) is 0.556. The maximum atomic E-state index is 11.1. The molecule has 0 aromatic carbocycles. The first-order chi connectivity index (χ1) is 7.02. The first kappa shape index (κ1) is 14.1. The number of alkyl halides is 1. The molecular formula is C9H13BrO5. The van der Waals surface area contributed by atoms with Crippen molar-refractivity contribution in [2.24, 2.45) is 0 Å². The van der Waals surface area contributed by atoms with E-state index in [4.69, 9.17) is 5.11 Å². The summed E-state index contributed by atoms with van der Waals surface area (Å²) < 4.78 is 9.15. The summed E-state index contributed by atoms with van der Waals surface area (Å²) in [4.78, 5) is 22.1. The zero-order chi connectivity index (χ0) is 11.8. The maximum absolute atomic E-state index is 11.1. The van der Waals surface area contributed by atoms with Gasteiger partial charge in [0.2, 0.25) is 0 Å². The highest BCUT2D eigenvalue weighted by molar-refractivity contribution is 9.09. The van der Waals surface area contributed by atoms with Gasteiger partial charge >= 0.3 is 11.9 Å². The number of halogens is 1. The molecule has 0 saturated carbocycles. The second kappa shape index (κ2) is 7.42. The highest BCUT2D eigenvalue weighted by Crippen LogP contribution is 2.00. The Morgan fingerprint density at radius 2 is 1.93 bits per heavy atom. The molecule has 1 N–H and O–H groups in total. The van der Waals surface area contributed by atoms with Gasteiger partial charge in [0.25, 0.3) is 0 Å². The van der Waals surface area contributed by atoms with E-state index in [0.29, 0.717) is 0 Å². The third kappa shape index (κ3) is 5.54. The molecule has 0 aliphatic rings. The smallest absolute Gasteiger partial charge is 0.345 e. The number of carbonyl (C=O) groups is 2. The van der Waals surface area contributed by atoms with Crippen LogP contribution in [0.5, 0.6) is 0 Å². The molecule has 0 saturated heterocycles. The summed E-state index contributed by atoms with van der Waals surface area (Å²) in [5.74, 6) is -1.69. The van der Waals surface area contributed by atoms with Crippen LogP contribution in [0, 0.1) is 0 Å². The second-order valence-electron chi connectivity index (χ2n) is 2.61. The molecule has 86 valence electrons. The molecule has 15 heavy (non-hydrogen) atoms. The second-order valence-corrected chi connectivity index (χ2v) is 3.25. The molecule has 0 aromatic rings. The molecule has 0 amide bonds. The quantitative estimate of drug-likeness (QED) is 0.251. The number of carbonyl (C=O) groups excluding carboxylic acids is 2. The molecule has 1 unspecified atom stereocenters. The van der Waals surface area contributed by atoms with Crippen molar-refractivity contribution in [3.8, 4) is 0 Å². The van der Waals surface area contributed by atoms with Crippen molar-refractivity contribution in [1.29, 1.82) is 0 Å². The van der Waals surface area contributed by atoms with Crippen molar-refractivity contribution in [2.75, 3.05) is 18.5 Å². The minimum atomic E-state index is -0.881. The molecule has 0 heterocycles. The Bertz CT molecular complexity index is 251. The molecule has 0 rings (SSSR count). The van der Waals surface area contributed by atoms with Crippen LogP contribution in [-0.4, -0.2) is 41.7 Å². The molecule has 5 nitrogen and oxygen atoms in total. The van der Waals surface area contributed by atoms with Gasteiger partial charge in [0.1, 0.15) is 12.2 Å². The zero-order valence-electron chi connectivity index (χ0n) is 8.36. The van der Waals surface area contributed by atoms with Crippen LogP contribution in [0.15, 0.2) is 12.2 Å². The van der Waals surface area contributed by atoms with Gasteiger partial charge in [-0.15, -0.1) is 0 Å². The number of ether oxygens (including phenoxy) is 2. The van der Waals surface area contributed by atoms with Gasteiger partial charge < -0.3 is 14.6 Å². The molecule has 0 aliphatic heterocycles. The SMILES string of the molecule is C=C(C(=O)OCC)C(=O)OCC(O)CBr. The van der Waals surface area contributed by atoms with Gasteiger partial charge in [-0.2, -0.15) is 0 Å². The first-order valence-corrected chi connectivity index (χ1v) is 5.42. The van der Waals surface area contributed by atoms with Crippen molar-refractivity contribution in [2.45, 2.75) is 13.0 Å². The molecule has 0 aliphatic carbocycles. The van der Waals surface area contributed by atoms with E-state index in [1.165, 1.54) is 0 Å². The maximum Gasteiger partial charge on any atom is 0.345 e. The van der Waals surface area contributed by atoms with E-state index in [1.807, 2.05) is 0 Å². The van der Waals surface area contributed by atoms with Crippen molar-refractivity contribution in [1.82, 2.24) is 0 Å². The van der Waals surface area contributed by atoms with Crippen molar-refractivity contribution in [3.05, 3.63) is 12.2 Å². The molecule has 0 fully saturated rings. The van der Waals surface area contributed by atoms with Gasteiger partial charge in [-0.05, 0) is 6.92 Å². The first-order valence-electron chi connectivity index (χ1n) is 4.30. The fourth-order valence-electron chi connectivity index (χ4n) is 0.605. The Hall–Kier alpha value is -0.880. The number of esters is 2. The summed E-state index contributed by atoms with van der Waals surface area (Å²) in [6.45, 7) is 4.82. The topological polar surface area (TPSA) is 72.8 Å². The minimum absolute atomic E-state index is 0.162. The van der Waals surface area contributed by atoms with Crippen LogP contribution < -0.4 is 0 Å². The van der Waals surface area contributed by atoms with E-state index >= 15 is 0 Å². The number of rotatable bonds is 6. The van der Waals surface area contributed by atoms with Crippen molar-refractivity contribution >= 4 is 27.9 Å². The van der Waals surface area contributed by atoms with Gasteiger partial charge in [-0.3, -0.25) is 0 Å². The number of hydrogen-bond acceptors (Lipinski definition) is 5. The van der Waals surface area contributed by atoms with Gasteiger partial charge in [0.15, 0.2) is 0 Å². The van der Waals surface area contributed by atoms with Crippen LogP contribution in [0.1, 0.15) is 6.92 Å². The van der Waals surface area contributed by atoms with E-state index in [0.717, 1.165) is 0 Å². The Morgan fingerprint density at radius 1 is 1.40 bits per heavy atom. The largest absolute Gasteiger partial charge is 0.462 e. The Morgan fingerprint density at radius 3 is 2.40 bits per heavy atom. The van der Waals surface area contributed by atoms with Crippen LogP contribution in [0.2, 0.25) is 0 Å². The molecule has 0 spiro atoms. The summed E-state index contributed by atoms with van der Waals surface area (Å²) in [7, 11) is 0. The molecule has 1 atom stereocenters. The van der Waals surface area contributed by atoms with Crippen LogP contribution in [0.25, 0.3) is 0 Å². The normalized spacial score (nSPS) is 11.7. The Kier molecular flexibility index (Phi) is 6.98. The lowest BCUT2D eigenvalue weighted by molar-refractivity contribution is -0.148. The summed E-state index contributed by atoms with van der Waals surface area (Å²) in [5, 5.41) is 9.34. The van der Waals surface area contributed by atoms with Crippen LogP contribution in [0.4, 0.5) is 0 Å². The zero-order valence-corrected chi connectivity index (χ0v) is 9.95.